The summed E-state index contributed by atoms with van der Waals surface area (Å²) in [5, 5.41) is 3.38. The minimum absolute atomic E-state index is 0. The number of nitrogens with one attached hydrogen (secondary N) is 1. The van der Waals surface area contributed by atoms with Gasteiger partial charge in [-0.3, -0.25) is 9.89 Å². The Morgan fingerprint density at radius 1 is 1.06 bits per heavy atom. The quantitative estimate of drug-likeness (QED) is 0.336. The summed E-state index contributed by atoms with van der Waals surface area (Å²) in [5.41, 5.74) is 0.0281. The summed E-state index contributed by atoms with van der Waals surface area (Å²) in [6, 6.07) is 5.98. The molecule has 0 saturated carbocycles. The number of anilines is 1. The molecular weight excluding hydrogens is 532 g/mol. The number of guanidine groups is 1. The minimum Gasteiger partial charge on any atom is -0.368 e. The molecule has 6 nitrogen and oxygen atoms in total. The predicted octanol–water partition coefficient (Wildman–Crippen LogP) is 3.05. The van der Waals surface area contributed by atoms with Crippen LogP contribution in [0.3, 0.4) is 0 Å². The Bertz CT molecular complexity index is 729. The molecule has 0 aromatic heterocycles. The van der Waals surface area contributed by atoms with Gasteiger partial charge in [-0.2, -0.15) is 13.2 Å². The summed E-state index contributed by atoms with van der Waals surface area (Å²) >= 11 is 0. The molecule has 0 aliphatic carbocycles. The molecule has 0 amide bonds. The fourth-order valence-electron chi connectivity index (χ4n) is 4.08. The maximum Gasteiger partial charge on any atom is 0.416 e. The van der Waals surface area contributed by atoms with E-state index in [9.17, 15) is 13.2 Å². The first kappa shape index (κ1) is 27.0. The van der Waals surface area contributed by atoms with E-state index in [4.69, 9.17) is 4.99 Å². The first-order valence-corrected chi connectivity index (χ1v) is 11.2. The fraction of sp³-hybridized carbons (Fsp3) is 0.682. The molecular formula is C22H36F3IN6. The molecule has 0 bridgehead atoms. The van der Waals surface area contributed by atoms with Crippen LogP contribution in [0.2, 0.25) is 0 Å². The van der Waals surface area contributed by atoms with E-state index in [0.717, 1.165) is 64.4 Å². The molecule has 1 atom stereocenters. The summed E-state index contributed by atoms with van der Waals surface area (Å²) in [7, 11) is 2.16. The van der Waals surface area contributed by atoms with Gasteiger partial charge in [0.2, 0.25) is 0 Å². The topological polar surface area (TPSA) is 37.4 Å². The highest BCUT2D eigenvalue weighted by Crippen LogP contribution is 2.31. The molecule has 0 radical (unpaired) electrons. The van der Waals surface area contributed by atoms with Gasteiger partial charge >= 0.3 is 6.18 Å². The van der Waals surface area contributed by atoms with E-state index in [0.29, 0.717) is 24.8 Å². The van der Waals surface area contributed by atoms with E-state index < -0.39 is 11.7 Å². The Morgan fingerprint density at radius 2 is 1.72 bits per heavy atom. The second-order valence-corrected chi connectivity index (χ2v) is 8.41. The van der Waals surface area contributed by atoms with Crippen molar-refractivity contribution in [2.75, 3.05) is 77.4 Å². The first-order chi connectivity index (χ1) is 14.8. The van der Waals surface area contributed by atoms with Crippen molar-refractivity contribution < 1.29 is 13.2 Å². The van der Waals surface area contributed by atoms with Gasteiger partial charge in [0.1, 0.15) is 0 Å². The summed E-state index contributed by atoms with van der Waals surface area (Å²) in [6.45, 7) is 12.9. The minimum atomic E-state index is -4.32. The molecule has 2 fully saturated rings. The van der Waals surface area contributed by atoms with Gasteiger partial charge in [0.15, 0.2) is 5.96 Å². The summed E-state index contributed by atoms with van der Waals surface area (Å²) < 4.78 is 39.1. The number of likely N-dealkylation sites (N-methyl/N-ethyl adjacent to an activating group) is 1. The average molecular weight is 568 g/mol. The van der Waals surface area contributed by atoms with Gasteiger partial charge in [-0.25, -0.2) is 0 Å². The van der Waals surface area contributed by atoms with Crippen molar-refractivity contribution in [3.63, 3.8) is 0 Å². The Labute approximate surface area is 206 Å². The second-order valence-electron chi connectivity index (χ2n) is 8.41. The van der Waals surface area contributed by atoms with Crippen molar-refractivity contribution in [1.82, 2.24) is 20.0 Å². The van der Waals surface area contributed by atoms with Crippen LogP contribution in [-0.4, -0.2) is 99.2 Å². The molecule has 0 spiro atoms. The highest BCUT2D eigenvalue weighted by molar-refractivity contribution is 14.0. The number of rotatable bonds is 5. The van der Waals surface area contributed by atoms with E-state index in [1.54, 1.807) is 6.07 Å². The zero-order valence-corrected chi connectivity index (χ0v) is 21.6. The van der Waals surface area contributed by atoms with Gasteiger partial charge in [-0.05, 0) is 39.1 Å². The van der Waals surface area contributed by atoms with Gasteiger partial charge in [0.25, 0.3) is 0 Å². The molecule has 3 rings (SSSR count). The average Bonchev–Trinajstić information content (AvgIpc) is 2.76. The van der Waals surface area contributed by atoms with Gasteiger partial charge < -0.3 is 20.0 Å². The zero-order valence-electron chi connectivity index (χ0n) is 19.2. The van der Waals surface area contributed by atoms with Crippen LogP contribution in [-0.2, 0) is 6.18 Å². The lowest BCUT2D eigenvalue weighted by atomic mass is 10.1. The number of alkyl halides is 3. The smallest absolute Gasteiger partial charge is 0.368 e. The van der Waals surface area contributed by atoms with Crippen LogP contribution < -0.4 is 10.2 Å². The van der Waals surface area contributed by atoms with E-state index in [2.05, 4.69) is 40.9 Å². The molecule has 2 heterocycles. The third-order valence-electron chi connectivity index (χ3n) is 6.12. The molecule has 182 valence electrons. The molecule has 2 saturated heterocycles. The fourth-order valence-corrected chi connectivity index (χ4v) is 4.08. The van der Waals surface area contributed by atoms with Crippen LogP contribution in [0.25, 0.3) is 0 Å². The maximum absolute atomic E-state index is 13.0. The van der Waals surface area contributed by atoms with E-state index >= 15 is 0 Å². The van der Waals surface area contributed by atoms with Gasteiger partial charge in [0, 0.05) is 70.6 Å². The monoisotopic (exact) mass is 568 g/mol. The number of nitrogens with zero attached hydrogens (tertiary/aromatic N) is 5. The Kier molecular flexibility index (Phi) is 10.3. The van der Waals surface area contributed by atoms with Crippen LogP contribution in [0, 0.1) is 0 Å². The largest absolute Gasteiger partial charge is 0.416 e. The van der Waals surface area contributed by atoms with Crippen LogP contribution in [0.15, 0.2) is 29.3 Å². The van der Waals surface area contributed by atoms with E-state index in [1.165, 1.54) is 12.1 Å². The number of halogens is 4. The lowest BCUT2D eigenvalue weighted by Crippen LogP contribution is -2.53. The second kappa shape index (κ2) is 12.3. The number of hydrogen-bond donors (Lipinski definition) is 1. The Morgan fingerprint density at radius 3 is 2.31 bits per heavy atom. The van der Waals surface area contributed by atoms with Crippen molar-refractivity contribution in [2.45, 2.75) is 26.1 Å². The molecule has 2 aliphatic rings. The van der Waals surface area contributed by atoms with Crippen LogP contribution in [0.4, 0.5) is 18.9 Å². The lowest BCUT2D eigenvalue weighted by Gasteiger charge is -2.38. The first-order valence-electron chi connectivity index (χ1n) is 11.2. The van der Waals surface area contributed by atoms with Crippen LogP contribution >= 0.6 is 24.0 Å². The van der Waals surface area contributed by atoms with Crippen molar-refractivity contribution in [3.05, 3.63) is 29.8 Å². The number of aliphatic imine (C=N–C) groups is 1. The Balaban J connectivity index is 0.00000363. The highest BCUT2D eigenvalue weighted by atomic mass is 127. The van der Waals surface area contributed by atoms with Gasteiger partial charge in [-0.1, -0.05) is 6.07 Å². The lowest BCUT2D eigenvalue weighted by molar-refractivity contribution is -0.137. The highest BCUT2D eigenvalue weighted by Gasteiger charge is 2.31. The molecule has 1 N–H and O–H groups in total. The molecule has 2 aliphatic heterocycles. The molecule has 32 heavy (non-hydrogen) atoms. The van der Waals surface area contributed by atoms with Crippen molar-refractivity contribution in [2.24, 2.45) is 4.99 Å². The molecule has 1 unspecified atom stereocenters. The molecule has 1 aromatic carbocycles. The van der Waals surface area contributed by atoms with Gasteiger partial charge in [0.05, 0.1) is 12.1 Å². The van der Waals surface area contributed by atoms with Gasteiger partial charge in [-0.15, -0.1) is 24.0 Å². The van der Waals surface area contributed by atoms with Crippen molar-refractivity contribution >= 4 is 35.6 Å². The summed E-state index contributed by atoms with van der Waals surface area (Å²) in [5.74, 6) is 0.896. The van der Waals surface area contributed by atoms with Crippen LogP contribution in [0.5, 0.6) is 0 Å². The maximum atomic E-state index is 13.0. The summed E-state index contributed by atoms with van der Waals surface area (Å²) in [4.78, 5) is 13.9. The summed E-state index contributed by atoms with van der Waals surface area (Å²) in [6.07, 6.45) is -4.32. The van der Waals surface area contributed by atoms with Crippen LogP contribution in [0.1, 0.15) is 19.4 Å². The van der Waals surface area contributed by atoms with Crippen molar-refractivity contribution in [1.29, 1.82) is 0 Å². The third kappa shape index (κ3) is 7.38. The SMILES string of the molecule is CCNC(=NCC(C)N1CCN(C)CC1)N1CCN(c2cccc(C(F)(F)F)c2)CC1.I. The van der Waals surface area contributed by atoms with E-state index in [1.807, 2.05) is 4.90 Å². The standard InChI is InChI=1S/C22H35F3N6.HI/c1-4-26-21(27-17-18(2)29-10-8-28(3)9-11-29)31-14-12-30(13-15-31)20-7-5-6-19(16-20)22(23,24)25;/h5-7,16,18H,4,8-15,17H2,1-3H3,(H,26,27);1H. The number of piperazine rings is 2. The predicted molar refractivity (Wildman–Crippen MR) is 135 cm³/mol. The Hall–Kier alpha value is -1.27. The normalized spacial score (nSPS) is 20.1. The number of benzene rings is 1. The van der Waals surface area contributed by atoms with E-state index in [-0.39, 0.29) is 24.0 Å². The molecule has 10 heteroatoms. The molecule has 1 aromatic rings. The number of hydrogen-bond acceptors (Lipinski definition) is 4. The third-order valence-corrected chi connectivity index (χ3v) is 6.12. The zero-order chi connectivity index (χ0) is 22.4. The van der Waals surface area contributed by atoms with Crippen molar-refractivity contribution in [3.8, 4) is 0 Å².